The number of hydrogen-bond donors (Lipinski definition) is 1. The van der Waals surface area contributed by atoms with Crippen LogP contribution in [0.4, 0.5) is 11.9 Å². The van der Waals surface area contributed by atoms with Gasteiger partial charge in [-0.1, -0.05) is 6.92 Å². The molecule has 1 fully saturated rings. The molecule has 2 rings (SSSR count). The van der Waals surface area contributed by atoms with E-state index in [-0.39, 0.29) is 11.4 Å². The molecule has 6 nitrogen and oxygen atoms in total. The van der Waals surface area contributed by atoms with E-state index in [0.29, 0.717) is 11.9 Å². The van der Waals surface area contributed by atoms with Crippen LogP contribution in [0.3, 0.4) is 0 Å². The molecule has 0 aliphatic carbocycles. The van der Waals surface area contributed by atoms with E-state index < -0.39 is 0 Å². The van der Waals surface area contributed by atoms with Crippen LogP contribution in [0.15, 0.2) is 0 Å². The standard InChI is InChI=1S/C13H22ClN5O/c1-3-7-15-12-16-11(14)17-13(18-12)19(2)9-10-6-4-5-8-20-10/h10H,3-9H2,1-2H3,(H,15,16,17,18). The molecule has 0 amide bonds. The average molecular weight is 300 g/mol. The summed E-state index contributed by atoms with van der Waals surface area (Å²) in [5.41, 5.74) is 0. The molecule has 1 unspecified atom stereocenters. The lowest BCUT2D eigenvalue weighted by molar-refractivity contribution is 0.0214. The fourth-order valence-electron chi connectivity index (χ4n) is 2.16. The third-order valence-electron chi connectivity index (χ3n) is 3.22. The summed E-state index contributed by atoms with van der Waals surface area (Å²) in [6.45, 7) is 4.52. The van der Waals surface area contributed by atoms with Gasteiger partial charge < -0.3 is 15.0 Å². The largest absolute Gasteiger partial charge is 0.376 e. The molecular weight excluding hydrogens is 278 g/mol. The summed E-state index contributed by atoms with van der Waals surface area (Å²) in [5.74, 6) is 1.11. The highest BCUT2D eigenvalue weighted by Crippen LogP contribution is 2.17. The predicted molar refractivity (Wildman–Crippen MR) is 80.5 cm³/mol. The van der Waals surface area contributed by atoms with E-state index in [1.807, 2.05) is 11.9 Å². The van der Waals surface area contributed by atoms with Crippen LogP contribution in [0.5, 0.6) is 0 Å². The van der Waals surface area contributed by atoms with Crippen molar-refractivity contribution in [3.8, 4) is 0 Å². The molecule has 1 N–H and O–H groups in total. The zero-order chi connectivity index (χ0) is 14.4. The van der Waals surface area contributed by atoms with Gasteiger partial charge in [0.15, 0.2) is 0 Å². The van der Waals surface area contributed by atoms with E-state index in [9.17, 15) is 0 Å². The highest BCUT2D eigenvalue weighted by molar-refractivity contribution is 6.28. The van der Waals surface area contributed by atoms with Gasteiger partial charge in [0.05, 0.1) is 6.10 Å². The summed E-state index contributed by atoms with van der Waals surface area (Å²) in [5, 5.41) is 3.34. The van der Waals surface area contributed by atoms with E-state index >= 15 is 0 Å². The third kappa shape index (κ3) is 4.45. The number of hydrogen-bond acceptors (Lipinski definition) is 6. The molecule has 0 saturated carbocycles. The van der Waals surface area contributed by atoms with E-state index in [0.717, 1.165) is 39.0 Å². The lowest BCUT2D eigenvalue weighted by Gasteiger charge is -2.27. The van der Waals surface area contributed by atoms with Crippen LogP contribution in [0.25, 0.3) is 0 Å². The second kappa shape index (κ2) is 7.59. The van der Waals surface area contributed by atoms with Gasteiger partial charge in [0.2, 0.25) is 17.2 Å². The number of nitrogens with zero attached hydrogens (tertiary/aromatic N) is 4. The van der Waals surface area contributed by atoms with Gasteiger partial charge in [0.25, 0.3) is 0 Å². The molecule has 1 aliphatic rings. The van der Waals surface area contributed by atoms with Crippen LogP contribution in [0.1, 0.15) is 32.6 Å². The lowest BCUT2D eigenvalue weighted by atomic mass is 10.1. The summed E-state index contributed by atoms with van der Waals surface area (Å²) in [6, 6.07) is 0. The maximum atomic E-state index is 5.96. The fraction of sp³-hybridized carbons (Fsp3) is 0.769. The Bertz CT molecular complexity index is 425. The van der Waals surface area contributed by atoms with Crippen molar-refractivity contribution in [1.82, 2.24) is 15.0 Å². The minimum Gasteiger partial charge on any atom is -0.376 e. The molecule has 20 heavy (non-hydrogen) atoms. The number of rotatable bonds is 6. The van der Waals surface area contributed by atoms with Crippen LogP contribution in [-0.4, -0.2) is 47.8 Å². The van der Waals surface area contributed by atoms with Crippen molar-refractivity contribution in [2.75, 3.05) is 37.0 Å². The Morgan fingerprint density at radius 1 is 1.35 bits per heavy atom. The Kier molecular flexibility index (Phi) is 5.79. The Labute approximate surface area is 124 Å². The van der Waals surface area contributed by atoms with Crippen molar-refractivity contribution in [3.63, 3.8) is 0 Å². The molecule has 1 aromatic heterocycles. The minimum absolute atomic E-state index is 0.213. The predicted octanol–water partition coefficient (Wildman–Crippen LogP) is 2.35. The lowest BCUT2D eigenvalue weighted by Crippen LogP contribution is -2.34. The minimum atomic E-state index is 0.213. The number of anilines is 2. The molecule has 112 valence electrons. The maximum Gasteiger partial charge on any atom is 0.231 e. The van der Waals surface area contributed by atoms with Gasteiger partial charge in [-0.15, -0.1) is 0 Å². The van der Waals surface area contributed by atoms with Crippen LogP contribution in [0.2, 0.25) is 5.28 Å². The Morgan fingerprint density at radius 3 is 2.90 bits per heavy atom. The van der Waals surface area contributed by atoms with Crippen LogP contribution < -0.4 is 10.2 Å². The first kappa shape index (κ1) is 15.3. The number of ether oxygens (including phenoxy) is 1. The zero-order valence-electron chi connectivity index (χ0n) is 12.1. The van der Waals surface area contributed by atoms with Crippen LogP contribution in [-0.2, 0) is 4.74 Å². The summed E-state index contributed by atoms with van der Waals surface area (Å²) < 4.78 is 5.73. The van der Waals surface area contributed by atoms with Crippen molar-refractivity contribution in [1.29, 1.82) is 0 Å². The van der Waals surface area contributed by atoms with E-state index in [1.165, 1.54) is 6.42 Å². The topological polar surface area (TPSA) is 63.2 Å². The molecule has 0 spiro atoms. The first-order valence-electron chi connectivity index (χ1n) is 7.17. The molecule has 2 heterocycles. The highest BCUT2D eigenvalue weighted by Gasteiger charge is 2.18. The number of halogens is 1. The first-order valence-corrected chi connectivity index (χ1v) is 7.55. The first-order chi connectivity index (χ1) is 9.69. The molecule has 0 aromatic carbocycles. The fourth-order valence-corrected chi connectivity index (χ4v) is 2.32. The van der Waals surface area contributed by atoms with Crippen molar-refractivity contribution in [2.24, 2.45) is 0 Å². The van der Waals surface area contributed by atoms with E-state index in [4.69, 9.17) is 16.3 Å². The van der Waals surface area contributed by atoms with Gasteiger partial charge in [0.1, 0.15) is 0 Å². The molecule has 0 bridgehead atoms. The molecular formula is C13H22ClN5O. The van der Waals surface area contributed by atoms with Gasteiger partial charge in [-0.3, -0.25) is 0 Å². The summed E-state index contributed by atoms with van der Waals surface area (Å²) in [4.78, 5) is 14.6. The Balaban J connectivity index is 2.00. The van der Waals surface area contributed by atoms with Gasteiger partial charge in [-0.05, 0) is 37.3 Å². The van der Waals surface area contributed by atoms with Crippen molar-refractivity contribution in [3.05, 3.63) is 5.28 Å². The molecule has 1 aliphatic heterocycles. The summed E-state index contributed by atoms with van der Waals surface area (Å²) in [7, 11) is 1.95. The zero-order valence-corrected chi connectivity index (χ0v) is 12.9. The quantitative estimate of drug-likeness (QED) is 0.870. The van der Waals surface area contributed by atoms with Crippen LogP contribution >= 0.6 is 11.6 Å². The smallest absolute Gasteiger partial charge is 0.231 e. The molecule has 0 radical (unpaired) electrons. The molecule has 1 aromatic rings. The maximum absolute atomic E-state index is 5.96. The number of aromatic nitrogens is 3. The SMILES string of the molecule is CCCNc1nc(Cl)nc(N(C)CC2CCCCO2)n1. The van der Waals surface area contributed by atoms with Gasteiger partial charge in [0, 0.05) is 26.7 Å². The summed E-state index contributed by atoms with van der Waals surface area (Å²) >= 11 is 5.96. The van der Waals surface area contributed by atoms with Crippen molar-refractivity contribution in [2.45, 2.75) is 38.7 Å². The number of nitrogens with one attached hydrogen (secondary N) is 1. The number of likely N-dealkylation sites (N-methyl/N-ethyl adjacent to an activating group) is 1. The Morgan fingerprint density at radius 2 is 2.20 bits per heavy atom. The summed E-state index contributed by atoms with van der Waals surface area (Å²) in [6.07, 6.45) is 4.72. The molecule has 7 heteroatoms. The highest BCUT2D eigenvalue weighted by atomic mass is 35.5. The van der Waals surface area contributed by atoms with Gasteiger partial charge >= 0.3 is 0 Å². The second-order valence-corrected chi connectivity index (χ2v) is 5.36. The molecule has 1 atom stereocenters. The van der Waals surface area contributed by atoms with E-state index in [1.54, 1.807) is 0 Å². The third-order valence-corrected chi connectivity index (χ3v) is 3.39. The monoisotopic (exact) mass is 299 g/mol. The van der Waals surface area contributed by atoms with Crippen molar-refractivity contribution < 1.29 is 4.74 Å². The second-order valence-electron chi connectivity index (χ2n) is 5.02. The average Bonchev–Trinajstić information content (AvgIpc) is 2.45. The Hall–Kier alpha value is -1.14. The normalized spacial score (nSPS) is 18.9. The van der Waals surface area contributed by atoms with Gasteiger partial charge in [-0.2, -0.15) is 15.0 Å². The van der Waals surface area contributed by atoms with Gasteiger partial charge in [-0.25, -0.2) is 0 Å². The van der Waals surface area contributed by atoms with E-state index in [2.05, 4.69) is 27.2 Å². The van der Waals surface area contributed by atoms with Crippen LogP contribution in [0, 0.1) is 0 Å². The molecule has 1 saturated heterocycles. The van der Waals surface area contributed by atoms with Crippen molar-refractivity contribution >= 4 is 23.5 Å².